The summed E-state index contributed by atoms with van der Waals surface area (Å²) in [5, 5.41) is 0.952. The molecule has 0 spiro atoms. The maximum Gasteiger partial charge on any atom is 0.338 e. The summed E-state index contributed by atoms with van der Waals surface area (Å²) in [6.07, 6.45) is 1.94. The summed E-state index contributed by atoms with van der Waals surface area (Å²) in [5.74, 6) is -0.296. The Hall–Kier alpha value is -1.81. The molecule has 2 rings (SSSR count). The maximum absolute atomic E-state index is 11.7. The highest BCUT2D eigenvalue weighted by molar-refractivity contribution is 6.05. The van der Waals surface area contributed by atoms with Gasteiger partial charge in [-0.25, -0.2) is 4.79 Å². The number of nitrogens with zero attached hydrogens (tertiary/aromatic N) is 1. The summed E-state index contributed by atoms with van der Waals surface area (Å²) < 4.78 is 4.81. The highest BCUT2D eigenvalue weighted by Gasteiger charge is 2.14. The van der Waals surface area contributed by atoms with Gasteiger partial charge in [0, 0.05) is 23.6 Å². The lowest BCUT2D eigenvalue weighted by atomic mass is 10.1. The van der Waals surface area contributed by atoms with Gasteiger partial charge in [0.05, 0.1) is 12.7 Å². The van der Waals surface area contributed by atoms with Crippen LogP contribution in [0.4, 0.5) is 0 Å². The molecule has 0 radical (unpaired) electrons. The second-order valence-electron chi connectivity index (χ2n) is 4.27. The van der Waals surface area contributed by atoms with E-state index in [2.05, 4.69) is 9.88 Å². The monoisotopic (exact) mass is 232 g/mol. The van der Waals surface area contributed by atoms with Crippen LogP contribution in [-0.4, -0.2) is 37.1 Å². The zero-order chi connectivity index (χ0) is 12.4. The molecule has 2 aromatic rings. The quantitative estimate of drug-likeness (QED) is 0.823. The largest absolute Gasteiger partial charge is 0.465 e. The van der Waals surface area contributed by atoms with Crippen LogP contribution in [0.2, 0.25) is 0 Å². The molecule has 0 saturated carbocycles. The van der Waals surface area contributed by atoms with Crippen LogP contribution in [0.3, 0.4) is 0 Å². The standard InChI is InChI=1S/C13H16N2O2/c1-15(2)8-9-7-14-11-6-4-5-10(12(9)11)13(16)17-3/h4-7,14H,8H2,1-3H3. The summed E-state index contributed by atoms with van der Waals surface area (Å²) >= 11 is 0. The van der Waals surface area contributed by atoms with Gasteiger partial charge in [0.1, 0.15) is 0 Å². The number of nitrogens with one attached hydrogen (secondary N) is 1. The molecule has 0 aliphatic rings. The van der Waals surface area contributed by atoms with Crippen molar-refractivity contribution in [2.75, 3.05) is 21.2 Å². The number of aromatic nitrogens is 1. The van der Waals surface area contributed by atoms with Gasteiger partial charge in [-0.05, 0) is 31.8 Å². The normalized spacial score (nSPS) is 11.1. The predicted octanol–water partition coefficient (Wildman–Crippen LogP) is 2.02. The van der Waals surface area contributed by atoms with Crippen LogP contribution in [-0.2, 0) is 11.3 Å². The van der Waals surface area contributed by atoms with Crippen molar-refractivity contribution < 1.29 is 9.53 Å². The molecule has 17 heavy (non-hydrogen) atoms. The highest BCUT2D eigenvalue weighted by Crippen LogP contribution is 2.24. The number of benzene rings is 1. The molecule has 0 atom stereocenters. The van der Waals surface area contributed by atoms with E-state index in [1.807, 2.05) is 32.4 Å². The second-order valence-corrected chi connectivity index (χ2v) is 4.27. The first-order valence-corrected chi connectivity index (χ1v) is 5.45. The molecule has 0 fully saturated rings. The number of methoxy groups -OCH3 is 1. The van der Waals surface area contributed by atoms with E-state index in [-0.39, 0.29) is 5.97 Å². The van der Waals surface area contributed by atoms with Gasteiger partial charge in [-0.15, -0.1) is 0 Å². The van der Waals surface area contributed by atoms with Crippen LogP contribution in [0.1, 0.15) is 15.9 Å². The molecule has 0 unspecified atom stereocenters. The summed E-state index contributed by atoms with van der Waals surface area (Å²) in [4.78, 5) is 17.0. The van der Waals surface area contributed by atoms with Gasteiger partial charge in [0.25, 0.3) is 0 Å². The van der Waals surface area contributed by atoms with Crippen molar-refractivity contribution in [3.63, 3.8) is 0 Å². The molecular formula is C13H16N2O2. The van der Waals surface area contributed by atoms with Crippen LogP contribution < -0.4 is 0 Å². The first-order chi connectivity index (χ1) is 8.13. The molecular weight excluding hydrogens is 216 g/mol. The van der Waals surface area contributed by atoms with Crippen molar-refractivity contribution >= 4 is 16.9 Å². The van der Waals surface area contributed by atoms with Crippen LogP contribution in [0.25, 0.3) is 10.9 Å². The Balaban J connectivity index is 2.59. The number of carbonyl (C=O) groups is 1. The Labute approximate surface area is 100 Å². The smallest absolute Gasteiger partial charge is 0.338 e. The molecule has 4 nitrogen and oxygen atoms in total. The molecule has 1 aromatic carbocycles. The van der Waals surface area contributed by atoms with Gasteiger partial charge in [0.15, 0.2) is 0 Å². The van der Waals surface area contributed by atoms with E-state index in [0.717, 1.165) is 23.0 Å². The summed E-state index contributed by atoms with van der Waals surface area (Å²) in [5.41, 5.74) is 2.68. The lowest BCUT2D eigenvalue weighted by molar-refractivity contribution is 0.0603. The van der Waals surface area contributed by atoms with Crippen molar-refractivity contribution in [3.8, 4) is 0 Å². The van der Waals surface area contributed by atoms with E-state index in [1.54, 1.807) is 6.07 Å². The van der Waals surface area contributed by atoms with Gasteiger partial charge in [-0.1, -0.05) is 6.07 Å². The fourth-order valence-corrected chi connectivity index (χ4v) is 2.00. The lowest BCUT2D eigenvalue weighted by Crippen LogP contribution is -2.11. The minimum Gasteiger partial charge on any atom is -0.465 e. The Morgan fingerprint density at radius 2 is 2.18 bits per heavy atom. The molecule has 1 N–H and O–H groups in total. The first-order valence-electron chi connectivity index (χ1n) is 5.45. The Morgan fingerprint density at radius 3 is 2.82 bits per heavy atom. The molecule has 0 aliphatic heterocycles. The predicted molar refractivity (Wildman–Crippen MR) is 67.0 cm³/mol. The van der Waals surface area contributed by atoms with Crippen molar-refractivity contribution in [2.24, 2.45) is 0 Å². The zero-order valence-corrected chi connectivity index (χ0v) is 10.3. The second kappa shape index (κ2) is 4.59. The molecule has 4 heteroatoms. The maximum atomic E-state index is 11.7. The molecule has 1 aromatic heterocycles. The zero-order valence-electron chi connectivity index (χ0n) is 10.3. The van der Waals surface area contributed by atoms with Crippen LogP contribution in [0, 0.1) is 0 Å². The van der Waals surface area contributed by atoms with Crippen LogP contribution in [0.5, 0.6) is 0 Å². The Bertz CT molecular complexity index is 543. The fraction of sp³-hybridized carbons (Fsp3) is 0.308. The van der Waals surface area contributed by atoms with Gasteiger partial charge >= 0.3 is 5.97 Å². The van der Waals surface area contributed by atoms with Crippen molar-refractivity contribution in [1.82, 2.24) is 9.88 Å². The molecule has 0 saturated heterocycles. The number of hydrogen-bond donors (Lipinski definition) is 1. The topological polar surface area (TPSA) is 45.3 Å². The van der Waals surface area contributed by atoms with E-state index < -0.39 is 0 Å². The summed E-state index contributed by atoms with van der Waals surface area (Å²) in [7, 11) is 5.40. The average Bonchev–Trinajstić information content (AvgIpc) is 2.71. The number of ether oxygens (including phenoxy) is 1. The van der Waals surface area contributed by atoms with Crippen molar-refractivity contribution in [1.29, 1.82) is 0 Å². The van der Waals surface area contributed by atoms with Crippen LogP contribution >= 0.6 is 0 Å². The molecule has 1 heterocycles. The van der Waals surface area contributed by atoms with Gasteiger partial charge in [0.2, 0.25) is 0 Å². The number of rotatable bonds is 3. The third-order valence-corrected chi connectivity index (χ3v) is 2.68. The van der Waals surface area contributed by atoms with E-state index in [4.69, 9.17) is 4.74 Å². The molecule has 0 aliphatic carbocycles. The van der Waals surface area contributed by atoms with Gasteiger partial charge in [-0.2, -0.15) is 0 Å². The van der Waals surface area contributed by atoms with Gasteiger partial charge < -0.3 is 14.6 Å². The van der Waals surface area contributed by atoms with Gasteiger partial charge in [-0.3, -0.25) is 0 Å². The molecule has 0 amide bonds. The number of H-pyrrole nitrogens is 1. The number of aromatic amines is 1. The molecule has 90 valence electrons. The SMILES string of the molecule is COC(=O)c1cccc2[nH]cc(CN(C)C)c12. The van der Waals surface area contributed by atoms with Crippen molar-refractivity contribution in [2.45, 2.75) is 6.54 Å². The Kier molecular flexibility index (Phi) is 3.15. The number of fused-ring (bicyclic) bond motifs is 1. The minimum atomic E-state index is -0.296. The third kappa shape index (κ3) is 2.17. The number of esters is 1. The van der Waals surface area contributed by atoms with E-state index in [1.165, 1.54) is 7.11 Å². The highest BCUT2D eigenvalue weighted by atomic mass is 16.5. The lowest BCUT2D eigenvalue weighted by Gasteiger charge is -2.09. The van der Waals surface area contributed by atoms with E-state index in [0.29, 0.717) is 5.56 Å². The van der Waals surface area contributed by atoms with Crippen molar-refractivity contribution in [3.05, 3.63) is 35.5 Å². The first kappa shape index (κ1) is 11.7. The fourth-order valence-electron chi connectivity index (χ4n) is 2.00. The Morgan fingerprint density at radius 1 is 1.41 bits per heavy atom. The van der Waals surface area contributed by atoms with Crippen LogP contribution in [0.15, 0.2) is 24.4 Å². The average molecular weight is 232 g/mol. The minimum absolute atomic E-state index is 0.296. The summed E-state index contributed by atoms with van der Waals surface area (Å²) in [6.45, 7) is 0.786. The van der Waals surface area contributed by atoms with E-state index >= 15 is 0 Å². The molecule has 0 bridgehead atoms. The van der Waals surface area contributed by atoms with E-state index in [9.17, 15) is 4.79 Å². The summed E-state index contributed by atoms with van der Waals surface area (Å²) in [6, 6.07) is 5.60. The number of carbonyl (C=O) groups excluding carboxylic acids is 1. The number of hydrogen-bond acceptors (Lipinski definition) is 3. The third-order valence-electron chi connectivity index (χ3n) is 2.68.